The van der Waals surface area contributed by atoms with E-state index in [9.17, 15) is 0 Å². The van der Waals surface area contributed by atoms with Gasteiger partial charge in [-0.05, 0) is 30.0 Å². The van der Waals surface area contributed by atoms with E-state index in [2.05, 4.69) is 53.2 Å². The van der Waals surface area contributed by atoms with Crippen LogP contribution in [-0.4, -0.2) is 11.2 Å². The molecule has 1 aromatic heterocycles. The first-order valence-electron chi connectivity index (χ1n) is 5.29. The minimum Gasteiger partial charge on any atom is -0.354 e. The van der Waals surface area contributed by atoms with Crippen LogP contribution < -0.4 is 0 Å². The molecule has 0 saturated carbocycles. The lowest BCUT2D eigenvalue weighted by Crippen LogP contribution is -2.13. The summed E-state index contributed by atoms with van der Waals surface area (Å²) in [6.07, 6.45) is 7.48. The molecule has 0 bridgehead atoms. The van der Waals surface area contributed by atoms with Crippen molar-refractivity contribution in [3.63, 3.8) is 0 Å². The number of benzene rings is 1. The van der Waals surface area contributed by atoms with E-state index in [1.807, 2.05) is 0 Å². The summed E-state index contributed by atoms with van der Waals surface area (Å²) in [5.74, 6) is 0. The van der Waals surface area contributed by atoms with Crippen LogP contribution in [0.2, 0.25) is 0 Å². The van der Waals surface area contributed by atoms with Gasteiger partial charge in [-0.25, -0.2) is 0 Å². The summed E-state index contributed by atoms with van der Waals surface area (Å²) in [5, 5.41) is 1.26. The normalized spacial score (nSPS) is 20.9. The molecule has 15 heavy (non-hydrogen) atoms. The molecular formula is C13H13NO. The Morgan fingerprint density at radius 3 is 3.00 bits per heavy atom. The lowest BCUT2D eigenvalue weighted by Gasteiger charge is -2.20. The van der Waals surface area contributed by atoms with Gasteiger partial charge in [-0.3, -0.25) is 0 Å². The van der Waals surface area contributed by atoms with Crippen LogP contribution in [0.25, 0.3) is 10.9 Å². The fourth-order valence-electron chi connectivity index (χ4n) is 2.02. The Kier molecular flexibility index (Phi) is 2.07. The Bertz CT molecular complexity index is 498. The summed E-state index contributed by atoms with van der Waals surface area (Å²) in [7, 11) is 0. The quantitative estimate of drug-likeness (QED) is 0.644. The van der Waals surface area contributed by atoms with E-state index in [4.69, 9.17) is 4.74 Å². The number of aromatic nitrogens is 1. The molecule has 0 saturated heterocycles. The average Bonchev–Trinajstić information content (AvgIpc) is 2.74. The molecule has 2 heteroatoms. The maximum Gasteiger partial charge on any atom is 0.153 e. The van der Waals surface area contributed by atoms with Crippen molar-refractivity contribution in [1.82, 2.24) is 4.57 Å². The topological polar surface area (TPSA) is 14.2 Å². The van der Waals surface area contributed by atoms with Gasteiger partial charge < -0.3 is 9.30 Å². The van der Waals surface area contributed by atoms with Gasteiger partial charge in [-0.15, -0.1) is 0 Å². The molecule has 0 fully saturated rings. The number of ether oxygens (including phenoxy) is 1. The third-order valence-electron chi connectivity index (χ3n) is 2.78. The second-order valence-electron chi connectivity index (χ2n) is 3.76. The largest absolute Gasteiger partial charge is 0.354 e. The summed E-state index contributed by atoms with van der Waals surface area (Å²) < 4.78 is 7.88. The third kappa shape index (κ3) is 1.47. The molecule has 2 nitrogen and oxygen atoms in total. The Morgan fingerprint density at radius 1 is 1.20 bits per heavy atom. The molecule has 2 heterocycles. The van der Waals surface area contributed by atoms with E-state index in [1.54, 1.807) is 0 Å². The Hall–Kier alpha value is -1.54. The molecule has 0 N–H and O–H groups in total. The van der Waals surface area contributed by atoms with Crippen LogP contribution in [0.15, 0.2) is 48.7 Å². The highest BCUT2D eigenvalue weighted by molar-refractivity contribution is 5.80. The summed E-state index contributed by atoms with van der Waals surface area (Å²) in [6, 6.07) is 10.5. The first-order valence-corrected chi connectivity index (χ1v) is 5.29. The van der Waals surface area contributed by atoms with Crippen molar-refractivity contribution in [2.24, 2.45) is 0 Å². The molecule has 1 atom stereocenters. The second-order valence-corrected chi connectivity index (χ2v) is 3.76. The number of fused-ring (bicyclic) bond motifs is 1. The lowest BCUT2D eigenvalue weighted by molar-refractivity contribution is 0.0351. The molecular weight excluding hydrogens is 186 g/mol. The molecule has 0 aliphatic carbocycles. The van der Waals surface area contributed by atoms with E-state index in [-0.39, 0.29) is 6.23 Å². The highest BCUT2D eigenvalue weighted by atomic mass is 16.5. The Labute approximate surface area is 88.8 Å². The van der Waals surface area contributed by atoms with Crippen molar-refractivity contribution in [3.8, 4) is 0 Å². The summed E-state index contributed by atoms with van der Waals surface area (Å²) >= 11 is 0. The van der Waals surface area contributed by atoms with E-state index < -0.39 is 0 Å². The zero-order valence-electron chi connectivity index (χ0n) is 8.47. The van der Waals surface area contributed by atoms with Gasteiger partial charge in [0, 0.05) is 6.20 Å². The van der Waals surface area contributed by atoms with Crippen LogP contribution >= 0.6 is 0 Å². The summed E-state index contributed by atoms with van der Waals surface area (Å²) in [6.45, 7) is 0.813. The smallest absolute Gasteiger partial charge is 0.153 e. The Morgan fingerprint density at radius 2 is 2.13 bits per heavy atom. The van der Waals surface area contributed by atoms with Crippen LogP contribution in [0, 0.1) is 0 Å². The van der Waals surface area contributed by atoms with E-state index in [0.717, 1.165) is 13.0 Å². The van der Waals surface area contributed by atoms with Crippen molar-refractivity contribution in [2.75, 3.05) is 6.61 Å². The lowest BCUT2D eigenvalue weighted by atomic mass is 10.2. The number of rotatable bonds is 1. The molecule has 1 aliphatic heterocycles. The van der Waals surface area contributed by atoms with E-state index in [0.29, 0.717) is 0 Å². The maximum absolute atomic E-state index is 5.71. The van der Waals surface area contributed by atoms with Crippen LogP contribution in [0.5, 0.6) is 0 Å². The number of nitrogens with zero attached hydrogens (tertiary/aromatic N) is 1. The van der Waals surface area contributed by atoms with Crippen molar-refractivity contribution >= 4 is 10.9 Å². The first kappa shape index (κ1) is 8.74. The van der Waals surface area contributed by atoms with Gasteiger partial charge in [0.2, 0.25) is 0 Å². The molecule has 0 unspecified atom stereocenters. The average molecular weight is 199 g/mol. The van der Waals surface area contributed by atoms with Crippen LogP contribution in [-0.2, 0) is 4.74 Å². The van der Waals surface area contributed by atoms with Crippen LogP contribution in [0.4, 0.5) is 0 Å². The monoisotopic (exact) mass is 199 g/mol. The molecule has 0 amide bonds. The van der Waals surface area contributed by atoms with Gasteiger partial charge in [0.1, 0.15) is 0 Å². The zero-order valence-corrected chi connectivity index (χ0v) is 8.47. The predicted octanol–water partition coefficient (Wildman–Crippen LogP) is 3.12. The number of para-hydroxylation sites is 1. The molecule has 2 aromatic rings. The van der Waals surface area contributed by atoms with Crippen LogP contribution in [0.1, 0.15) is 12.6 Å². The SMILES string of the molecule is C1=C[C@@H](n2ccc3ccccc32)OCC1. The van der Waals surface area contributed by atoms with E-state index in [1.165, 1.54) is 10.9 Å². The summed E-state index contributed by atoms with van der Waals surface area (Å²) in [5.41, 5.74) is 1.23. The second kappa shape index (κ2) is 3.55. The maximum atomic E-state index is 5.71. The van der Waals surface area contributed by atoms with E-state index >= 15 is 0 Å². The molecule has 3 rings (SSSR count). The zero-order chi connectivity index (χ0) is 10.1. The molecule has 0 spiro atoms. The van der Waals surface area contributed by atoms with Gasteiger partial charge in [0.15, 0.2) is 6.23 Å². The highest BCUT2D eigenvalue weighted by Gasteiger charge is 2.11. The van der Waals surface area contributed by atoms with Gasteiger partial charge in [0.05, 0.1) is 12.1 Å². The summed E-state index contributed by atoms with van der Waals surface area (Å²) in [4.78, 5) is 0. The van der Waals surface area contributed by atoms with Crippen molar-refractivity contribution in [1.29, 1.82) is 0 Å². The Balaban J connectivity index is 2.10. The molecule has 1 aliphatic rings. The predicted molar refractivity (Wildman–Crippen MR) is 60.7 cm³/mol. The number of hydrogen-bond acceptors (Lipinski definition) is 1. The first-order chi connectivity index (χ1) is 7.45. The molecule has 1 aromatic carbocycles. The third-order valence-corrected chi connectivity index (χ3v) is 2.78. The van der Waals surface area contributed by atoms with Crippen molar-refractivity contribution < 1.29 is 4.74 Å². The molecule has 0 radical (unpaired) electrons. The van der Waals surface area contributed by atoms with Gasteiger partial charge >= 0.3 is 0 Å². The van der Waals surface area contributed by atoms with Gasteiger partial charge in [-0.2, -0.15) is 0 Å². The molecule has 76 valence electrons. The van der Waals surface area contributed by atoms with Gasteiger partial charge in [0.25, 0.3) is 0 Å². The van der Waals surface area contributed by atoms with Crippen LogP contribution in [0.3, 0.4) is 0 Å². The minimum atomic E-state index is 0.0682. The number of hydrogen-bond donors (Lipinski definition) is 0. The van der Waals surface area contributed by atoms with Gasteiger partial charge in [-0.1, -0.05) is 24.3 Å². The minimum absolute atomic E-state index is 0.0682. The fourth-order valence-corrected chi connectivity index (χ4v) is 2.02. The van der Waals surface area contributed by atoms with Crippen molar-refractivity contribution in [3.05, 3.63) is 48.7 Å². The fraction of sp³-hybridized carbons (Fsp3) is 0.231. The highest BCUT2D eigenvalue weighted by Crippen LogP contribution is 2.23. The standard InChI is InChI=1S/C13H13NO/c1-2-6-12-11(5-1)8-9-14(12)13-7-3-4-10-15-13/h1-3,5-9,13H,4,10H2/t13-/m0/s1. The van der Waals surface area contributed by atoms with Crippen molar-refractivity contribution in [2.45, 2.75) is 12.6 Å².